The summed E-state index contributed by atoms with van der Waals surface area (Å²) in [7, 11) is 0. The molecule has 0 N–H and O–H groups in total. The molecule has 0 aliphatic carbocycles. The van der Waals surface area contributed by atoms with E-state index in [0.717, 1.165) is 0 Å². The third-order valence-corrected chi connectivity index (χ3v) is 2.56. The third-order valence-electron chi connectivity index (χ3n) is 0.621. The average Bonchev–Trinajstić information content (AvgIpc) is 2.67. The van der Waals surface area contributed by atoms with Gasteiger partial charge in [-0.3, -0.25) is 0 Å². The molecule has 0 aromatic rings. The van der Waals surface area contributed by atoms with Gasteiger partial charge in [0, 0.05) is 0 Å². The summed E-state index contributed by atoms with van der Waals surface area (Å²) in [5, 5.41) is 43.7. The Balaban J connectivity index is -0.0000000250. The van der Waals surface area contributed by atoms with Crippen LogP contribution in [0.15, 0.2) is 0 Å². The van der Waals surface area contributed by atoms with E-state index in [1.54, 1.807) is 0 Å². The fourth-order valence-electron chi connectivity index (χ4n) is 0. The van der Waals surface area contributed by atoms with Gasteiger partial charge in [0.25, 0.3) is 0 Å². The van der Waals surface area contributed by atoms with Crippen molar-refractivity contribution in [1.29, 1.82) is 31.6 Å². The quantitative estimate of drug-likeness (QED) is 0.203. The van der Waals surface area contributed by atoms with Crippen LogP contribution in [0.5, 0.6) is 0 Å². The standard InChI is InChI=1S/6CN.6K.6Mn.18O/c6*1-2;;;;;;;;;;;;;;;;;;;;;;;;;;;;;;/q;;;;;;6*+1;;;;;;;;;;;;;;;;;;;6*-1. The summed E-state index contributed by atoms with van der Waals surface area (Å²) in [4.78, 5) is 3.47. The minimum atomic E-state index is -5.09. The van der Waals surface area contributed by atoms with Crippen LogP contribution < -0.4 is 333 Å². The van der Waals surface area contributed by atoms with E-state index >= 15 is 0 Å². The van der Waals surface area contributed by atoms with Crippen LogP contribution in [0.1, 0.15) is 0 Å². The van der Waals surface area contributed by atoms with Crippen LogP contribution in [0, 0.1) is 61.4 Å². The minimum Gasteiger partial charge on any atom is 1.00 e. The van der Waals surface area contributed by atoms with E-state index in [9.17, 15) is 0 Å². The van der Waals surface area contributed by atoms with Crippen molar-refractivity contribution < 1.29 is 458 Å². The van der Waals surface area contributed by atoms with Crippen molar-refractivity contribution in [3.63, 3.8) is 0 Å². The van der Waals surface area contributed by atoms with Crippen molar-refractivity contribution >= 4 is 0 Å². The fourth-order valence-corrected chi connectivity index (χ4v) is 0. The first kappa shape index (κ1) is 82.6. The van der Waals surface area contributed by atoms with E-state index in [4.69, 9.17) is 103 Å². The molecule has 0 atom stereocenters. The van der Waals surface area contributed by atoms with E-state index < -0.39 is 78.2 Å². The van der Waals surface area contributed by atoms with Gasteiger partial charge >= 0.3 is 519 Å². The first-order valence-electron chi connectivity index (χ1n) is 5.25. The normalized spacial score (nSPS) is 8.57. The van der Waals surface area contributed by atoms with Crippen molar-refractivity contribution in [2.45, 2.75) is 0 Å². The van der Waals surface area contributed by atoms with Crippen molar-refractivity contribution in [2.75, 3.05) is 0 Å². The maximum absolute atomic E-state index is 9.14. The zero-order valence-electron chi connectivity index (χ0n) is 21.3. The Morgan fingerprint density at radius 2 is 0.286 bits per heavy atom. The first-order chi connectivity index (χ1) is 15.4. The second kappa shape index (κ2) is 44.4. The second-order valence-electron chi connectivity index (χ2n) is 3.03. The molecule has 0 rings (SSSR count). The van der Waals surface area contributed by atoms with Gasteiger partial charge in [0.15, 0.2) is 0 Å². The van der Waals surface area contributed by atoms with Gasteiger partial charge in [0.05, 0.1) is 0 Å². The molecule has 0 aromatic carbocycles. The molecule has 0 saturated carbocycles. The molecule has 0 aliphatic heterocycles. The van der Waals surface area contributed by atoms with Crippen molar-refractivity contribution in [2.24, 2.45) is 0 Å². The molecule has 210 valence electrons. The molecule has 0 unspecified atom stereocenters. The van der Waals surface area contributed by atoms with Crippen molar-refractivity contribution in [3.8, 4) is 29.8 Å². The Morgan fingerprint density at radius 1 is 0.262 bits per heavy atom. The zero-order valence-corrected chi connectivity index (χ0v) is 47.1. The van der Waals surface area contributed by atoms with Crippen molar-refractivity contribution in [3.05, 3.63) is 0 Å². The molecule has 0 saturated heterocycles. The van der Waals surface area contributed by atoms with Crippen LogP contribution in [-0.4, -0.2) is 0 Å². The van der Waals surface area contributed by atoms with Gasteiger partial charge < -0.3 is 0 Å². The van der Waals surface area contributed by atoms with Crippen LogP contribution in [0.3, 0.4) is 0 Å². The predicted molar refractivity (Wildman–Crippen MR) is 41.9 cm³/mol. The Bertz CT molecular complexity index is 1310. The molecule has 0 fully saturated rings. The van der Waals surface area contributed by atoms with E-state index in [2.05, 4.69) is 0 Å². The summed E-state index contributed by atoms with van der Waals surface area (Å²) in [5.74, 6) is 0. The monoisotopic (exact) mass is 1010 g/mol. The second-order valence-corrected chi connectivity index (χ2v) is 12.5. The maximum atomic E-state index is 9.14. The Morgan fingerprint density at radius 3 is 0.286 bits per heavy atom. The molecule has 0 radical (unpaired) electrons. The number of rotatable bonds is 0. The number of nitriles is 6. The summed E-state index contributed by atoms with van der Waals surface area (Å²) >= 11 is -30.5. The minimum absolute atomic E-state index is 0. The van der Waals surface area contributed by atoms with Crippen LogP contribution in [0.4, 0.5) is 0 Å². The Labute approximate surface area is 502 Å². The Hall–Kier alpha value is 7.24. The number of hydrogen-bond acceptors (Lipinski definition) is 24. The summed E-state index contributed by atoms with van der Waals surface area (Å²) in [6.45, 7) is 0. The van der Waals surface area contributed by atoms with E-state index in [-0.39, 0.29) is 308 Å². The predicted octanol–water partition coefficient (Wildman–Crippen LogP) is -26.4. The van der Waals surface area contributed by atoms with Gasteiger partial charge in [0.1, 0.15) is 0 Å². The third kappa shape index (κ3) is 159. The van der Waals surface area contributed by atoms with E-state index in [1.807, 2.05) is 0 Å². The van der Waals surface area contributed by atoms with Gasteiger partial charge in [-0.15, -0.1) is 0 Å². The molecule has 0 aromatic heterocycles. The van der Waals surface area contributed by atoms with Gasteiger partial charge in [-0.2, -0.15) is 0 Å². The summed E-state index contributed by atoms with van der Waals surface area (Å²) in [5.41, 5.74) is 0. The molecule has 0 bridgehead atoms. The molecular formula is C6K6Mn6N6O18. The van der Waals surface area contributed by atoms with Crippen LogP contribution in [0.2, 0.25) is 0 Å². The summed E-state index contributed by atoms with van der Waals surface area (Å²) in [6.07, 6.45) is 0. The topological polar surface area (TPSA) is 486 Å². The largest absolute Gasteiger partial charge is 1.00 e. The van der Waals surface area contributed by atoms with Gasteiger partial charge in [-0.25, -0.2) is 0 Å². The average molecular weight is 1010 g/mol. The van der Waals surface area contributed by atoms with Gasteiger partial charge in [-0.1, -0.05) is 0 Å². The molecule has 42 heavy (non-hydrogen) atoms. The maximum Gasteiger partial charge on any atom is 1.00 e. The smallest absolute Gasteiger partial charge is 1.00 e. The van der Waals surface area contributed by atoms with Crippen molar-refractivity contribution in [1.82, 2.24) is 0 Å². The number of hydrogen-bond donors (Lipinski definition) is 0. The Kier molecular flexibility index (Phi) is 87.3. The van der Waals surface area contributed by atoms with Gasteiger partial charge in [0.2, 0.25) is 0 Å². The SMILES string of the molecule is N#[C][Mn](=[O])(=[O])[O-].N#[C][Mn](=[O])(=[O])[O-].N#[C][Mn](=[O])(=[O])[O-].N#[C][Mn](=[O])(=[O])[O-].N#[C][Mn](=[O])(=[O])[O-].N#[C][Mn](=[O])(=[O])[O-].[K+].[K+].[K+].[K+].[K+].[K+]. The van der Waals surface area contributed by atoms with Crippen LogP contribution >= 0.6 is 0 Å². The molecule has 0 spiro atoms. The molecule has 0 heterocycles. The van der Waals surface area contributed by atoms with Crippen LogP contribution in [0.25, 0.3) is 0 Å². The fraction of sp³-hybridized carbons (Fsp3) is 0. The molecule has 24 nitrogen and oxygen atoms in total. The van der Waals surface area contributed by atoms with E-state index in [0.29, 0.717) is 29.8 Å². The van der Waals surface area contributed by atoms with Crippen LogP contribution in [-0.2, 0) is 124 Å². The number of nitrogens with zero attached hydrogens (tertiary/aromatic N) is 6. The van der Waals surface area contributed by atoms with Gasteiger partial charge in [-0.05, 0) is 0 Å². The zero-order chi connectivity index (χ0) is 31.2. The molecular weight excluding hydrogens is 1010 g/mol. The molecule has 0 aliphatic rings. The molecule has 36 heteroatoms. The summed E-state index contributed by atoms with van der Waals surface area (Å²) in [6, 6.07) is 0. The van der Waals surface area contributed by atoms with E-state index in [1.165, 1.54) is 0 Å². The summed E-state index contributed by atoms with van der Waals surface area (Å²) < 4.78 is 165. The molecule has 0 amide bonds. The first-order valence-corrected chi connectivity index (χ1v) is 17.5.